The van der Waals surface area contributed by atoms with E-state index in [1.165, 1.54) is 19.1 Å². The lowest BCUT2D eigenvalue weighted by Gasteiger charge is -2.30. The van der Waals surface area contributed by atoms with Crippen LogP contribution in [-0.2, 0) is 20.7 Å². The van der Waals surface area contributed by atoms with Crippen LogP contribution in [0.15, 0.2) is 18.2 Å². The Hall–Kier alpha value is -3.41. The molecule has 9 nitrogen and oxygen atoms in total. The zero-order chi connectivity index (χ0) is 24.5. The Labute approximate surface area is 189 Å². The van der Waals surface area contributed by atoms with Gasteiger partial charge in [-0.25, -0.2) is 9.59 Å². The van der Waals surface area contributed by atoms with E-state index in [1.54, 1.807) is 45.9 Å². The molecule has 0 radical (unpaired) electrons. The zero-order valence-electron chi connectivity index (χ0n) is 19.4. The van der Waals surface area contributed by atoms with Crippen LogP contribution in [-0.4, -0.2) is 66.4 Å². The largest absolute Gasteiger partial charge is 0.493 e. The van der Waals surface area contributed by atoms with Gasteiger partial charge in [-0.3, -0.25) is 9.69 Å². The van der Waals surface area contributed by atoms with Crippen molar-refractivity contribution in [3.05, 3.63) is 23.8 Å². The van der Waals surface area contributed by atoms with Gasteiger partial charge in [-0.1, -0.05) is 18.9 Å². The van der Waals surface area contributed by atoms with Crippen LogP contribution >= 0.6 is 0 Å². The third-order valence-electron chi connectivity index (χ3n) is 4.43. The standard InChI is InChI=1S/C23H32N2O7/c1-8-12-31-18-11-10-15(14-19(18)30-7)13-16(21(27)28)24-20(26)17(9-2)25(6)22(29)32-23(3,4)5/h1,10-11,14,16-17H,9,12-13H2,2-7H3,(H,24,26)(H,27,28)/t16-,17-/m0/s1. The van der Waals surface area contributed by atoms with Crippen molar-refractivity contribution in [2.75, 3.05) is 20.8 Å². The number of rotatable bonds is 10. The van der Waals surface area contributed by atoms with Crippen LogP contribution in [0.25, 0.3) is 0 Å². The summed E-state index contributed by atoms with van der Waals surface area (Å²) in [6.45, 7) is 6.94. The third-order valence-corrected chi connectivity index (χ3v) is 4.43. The number of ether oxygens (including phenoxy) is 3. The fourth-order valence-electron chi connectivity index (χ4n) is 2.88. The lowest BCUT2D eigenvalue weighted by Crippen LogP contribution is -2.53. The first kappa shape index (κ1) is 26.6. The summed E-state index contributed by atoms with van der Waals surface area (Å²) in [5, 5.41) is 12.2. The lowest BCUT2D eigenvalue weighted by molar-refractivity contribution is -0.142. The molecule has 1 rings (SSSR count). The molecule has 2 amide bonds. The van der Waals surface area contributed by atoms with Gasteiger partial charge in [0.15, 0.2) is 11.5 Å². The number of methoxy groups -OCH3 is 1. The van der Waals surface area contributed by atoms with Crippen molar-refractivity contribution in [2.45, 2.75) is 58.2 Å². The predicted octanol–water partition coefficient (Wildman–Crippen LogP) is 2.46. The first-order chi connectivity index (χ1) is 14.9. The van der Waals surface area contributed by atoms with Crippen molar-refractivity contribution < 1.29 is 33.7 Å². The Morgan fingerprint density at radius 3 is 2.41 bits per heavy atom. The monoisotopic (exact) mass is 448 g/mol. The molecule has 2 atom stereocenters. The van der Waals surface area contributed by atoms with E-state index in [0.717, 1.165) is 0 Å². The molecule has 1 aromatic carbocycles. The highest BCUT2D eigenvalue weighted by molar-refractivity contribution is 5.89. The summed E-state index contributed by atoms with van der Waals surface area (Å²) in [5.74, 6) is 1.38. The Morgan fingerprint density at radius 2 is 1.91 bits per heavy atom. The second-order valence-corrected chi connectivity index (χ2v) is 8.10. The van der Waals surface area contributed by atoms with Crippen molar-refractivity contribution in [1.82, 2.24) is 10.2 Å². The maximum atomic E-state index is 12.8. The number of nitrogens with zero attached hydrogens (tertiary/aromatic N) is 1. The van der Waals surface area contributed by atoms with E-state index in [4.69, 9.17) is 20.6 Å². The van der Waals surface area contributed by atoms with Crippen LogP contribution < -0.4 is 14.8 Å². The van der Waals surface area contributed by atoms with Gasteiger partial charge in [0.25, 0.3) is 0 Å². The number of carbonyl (C=O) groups excluding carboxylic acids is 2. The molecule has 0 aliphatic heterocycles. The van der Waals surface area contributed by atoms with E-state index in [2.05, 4.69) is 11.2 Å². The van der Waals surface area contributed by atoms with E-state index in [9.17, 15) is 19.5 Å². The van der Waals surface area contributed by atoms with Gasteiger partial charge in [0.1, 0.15) is 24.3 Å². The van der Waals surface area contributed by atoms with Crippen LogP contribution in [0.1, 0.15) is 39.7 Å². The normalized spacial score (nSPS) is 12.7. The zero-order valence-corrected chi connectivity index (χ0v) is 19.4. The molecular formula is C23H32N2O7. The van der Waals surface area contributed by atoms with E-state index in [-0.39, 0.29) is 19.4 Å². The predicted molar refractivity (Wildman–Crippen MR) is 119 cm³/mol. The molecule has 9 heteroatoms. The number of carboxylic acids is 1. The highest BCUT2D eigenvalue weighted by atomic mass is 16.6. The number of hydrogen-bond donors (Lipinski definition) is 2. The molecule has 0 spiro atoms. The maximum absolute atomic E-state index is 12.8. The molecule has 0 saturated carbocycles. The Balaban J connectivity index is 2.96. The van der Waals surface area contributed by atoms with Gasteiger partial charge in [0, 0.05) is 13.5 Å². The van der Waals surface area contributed by atoms with Crippen molar-refractivity contribution >= 4 is 18.0 Å². The maximum Gasteiger partial charge on any atom is 0.410 e. The Bertz CT molecular complexity index is 855. The minimum absolute atomic E-state index is 0.000557. The van der Waals surface area contributed by atoms with Crippen molar-refractivity contribution in [3.8, 4) is 23.8 Å². The Kier molecular flexibility index (Phi) is 9.85. The first-order valence-corrected chi connectivity index (χ1v) is 10.2. The minimum atomic E-state index is -1.22. The van der Waals surface area contributed by atoms with E-state index >= 15 is 0 Å². The molecule has 32 heavy (non-hydrogen) atoms. The van der Waals surface area contributed by atoms with Crippen molar-refractivity contribution in [3.63, 3.8) is 0 Å². The summed E-state index contributed by atoms with van der Waals surface area (Å²) in [6, 6.07) is 2.81. The van der Waals surface area contributed by atoms with Gasteiger partial charge in [-0.15, -0.1) is 6.42 Å². The summed E-state index contributed by atoms with van der Waals surface area (Å²) < 4.78 is 16.0. The molecule has 0 aromatic heterocycles. The molecule has 2 N–H and O–H groups in total. The highest BCUT2D eigenvalue weighted by Crippen LogP contribution is 2.28. The number of amides is 2. The smallest absolute Gasteiger partial charge is 0.410 e. The van der Waals surface area contributed by atoms with Gasteiger partial charge >= 0.3 is 12.1 Å². The average molecular weight is 449 g/mol. The van der Waals surface area contributed by atoms with Crippen LogP contribution in [0.2, 0.25) is 0 Å². The second kappa shape index (κ2) is 11.8. The highest BCUT2D eigenvalue weighted by Gasteiger charge is 2.31. The number of carboxylic acid groups (broad SMARTS) is 1. The minimum Gasteiger partial charge on any atom is -0.493 e. The van der Waals surface area contributed by atoms with Crippen molar-refractivity contribution in [2.24, 2.45) is 0 Å². The number of aliphatic carboxylic acids is 1. The van der Waals surface area contributed by atoms with Gasteiger partial charge in [-0.2, -0.15) is 0 Å². The number of benzene rings is 1. The summed E-state index contributed by atoms with van der Waals surface area (Å²) in [5.41, 5.74) is -0.116. The number of terminal acetylenes is 1. The van der Waals surface area contributed by atoms with Crippen LogP contribution in [0.3, 0.4) is 0 Å². The summed E-state index contributed by atoms with van der Waals surface area (Å²) >= 11 is 0. The molecular weight excluding hydrogens is 416 g/mol. The van der Waals surface area contributed by atoms with Gasteiger partial charge in [-0.05, 0) is 44.9 Å². The lowest BCUT2D eigenvalue weighted by atomic mass is 10.0. The quantitative estimate of drug-likeness (QED) is 0.529. The average Bonchev–Trinajstić information content (AvgIpc) is 2.71. The third kappa shape index (κ3) is 8.02. The van der Waals surface area contributed by atoms with E-state index in [1.807, 2.05) is 0 Å². The molecule has 176 valence electrons. The molecule has 0 fully saturated rings. The topological polar surface area (TPSA) is 114 Å². The van der Waals surface area contributed by atoms with Gasteiger partial charge < -0.3 is 24.6 Å². The van der Waals surface area contributed by atoms with Crippen LogP contribution in [0.4, 0.5) is 4.79 Å². The van der Waals surface area contributed by atoms with E-state index in [0.29, 0.717) is 17.1 Å². The van der Waals surface area contributed by atoms with Gasteiger partial charge in [0.2, 0.25) is 5.91 Å². The van der Waals surface area contributed by atoms with Crippen LogP contribution in [0, 0.1) is 12.3 Å². The molecule has 0 saturated heterocycles. The number of nitrogens with one attached hydrogen (secondary N) is 1. The number of likely N-dealkylation sites (N-methyl/N-ethyl adjacent to an activating group) is 1. The molecule has 1 aromatic rings. The summed E-state index contributed by atoms with van der Waals surface area (Å²) in [7, 11) is 2.90. The molecule has 0 bridgehead atoms. The van der Waals surface area contributed by atoms with Gasteiger partial charge in [0.05, 0.1) is 7.11 Å². The molecule has 0 unspecified atom stereocenters. The Morgan fingerprint density at radius 1 is 1.25 bits per heavy atom. The first-order valence-electron chi connectivity index (χ1n) is 10.2. The summed E-state index contributed by atoms with van der Waals surface area (Å²) in [4.78, 5) is 38.1. The van der Waals surface area contributed by atoms with Crippen molar-refractivity contribution in [1.29, 1.82) is 0 Å². The molecule has 0 aliphatic rings. The number of carbonyl (C=O) groups is 3. The second-order valence-electron chi connectivity index (χ2n) is 8.10. The fraction of sp³-hybridized carbons (Fsp3) is 0.522. The fourth-order valence-corrected chi connectivity index (χ4v) is 2.88. The molecule has 0 aliphatic carbocycles. The van der Waals surface area contributed by atoms with E-state index < -0.39 is 35.7 Å². The van der Waals surface area contributed by atoms with Crippen LogP contribution in [0.5, 0.6) is 11.5 Å². The molecule has 0 heterocycles. The SMILES string of the molecule is C#CCOc1ccc(C[C@H](NC(=O)[C@H](CC)N(C)C(=O)OC(C)(C)C)C(=O)O)cc1OC. The summed E-state index contributed by atoms with van der Waals surface area (Å²) in [6.07, 6.45) is 4.81. The number of hydrogen-bond acceptors (Lipinski definition) is 6.